The van der Waals surface area contributed by atoms with Gasteiger partial charge in [0.25, 0.3) is 0 Å². The van der Waals surface area contributed by atoms with Gasteiger partial charge in [-0.3, -0.25) is 0 Å². The third kappa shape index (κ3) is 3.64. The van der Waals surface area contributed by atoms with Gasteiger partial charge in [0.15, 0.2) is 11.5 Å². The molecule has 1 aromatic carbocycles. The Morgan fingerprint density at radius 1 is 0.957 bits per heavy atom. The number of methoxy groups -OCH3 is 2. The molecule has 6 nitrogen and oxygen atoms in total. The summed E-state index contributed by atoms with van der Waals surface area (Å²) >= 11 is 0. The van der Waals surface area contributed by atoms with Gasteiger partial charge >= 0.3 is 0 Å². The summed E-state index contributed by atoms with van der Waals surface area (Å²) in [6, 6.07) is 7.68. The number of nitrogens with zero attached hydrogens (tertiary/aromatic N) is 3. The second-order valence-corrected chi connectivity index (χ2v) is 5.50. The average Bonchev–Trinajstić information content (AvgIpc) is 2.62. The molecule has 2 heterocycles. The van der Waals surface area contributed by atoms with Crippen molar-refractivity contribution in [1.29, 1.82) is 0 Å². The fourth-order valence-corrected chi connectivity index (χ4v) is 2.77. The van der Waals surface area contributed by atoms with Gasteiger partial charge in [0.05, 0.1) is 14.2 Å². The molecule has 2 aromatic rings. The standard InChI is InChI=1S/C17H22N4O2/c1-22-14-7-6-13(10-15(14)23-2)20-16-11-17(19-12-18-16)21-8-4-3-5-9-21/h6-7,10-12H,3-5,8-9H2,1-2H3,(H,18,19,20). The molecule has 1 N–H and O–H groups in total. The summed E-state index contributed by atoms with van der Waals surface area (Å²) in [7, 11) is 3.25. The molecule has 1 fully saturated rings. The van der Waals surface area contributed by atoms with Crippen LogP contribution in [0.2, 0.25) is 0 Å². The molecule has 0 saturated carbocycles. The Labute approximate surface area is 136 Å². The molecule has 1 aromatic heterocycles. The molecule has 0 spiro atoms. The van der Waals surface area contributed by atoms with Crippen molar-refractivity contribution in [2.45, 2.75) is 19.3 Å². The van der Waals surface area contributed by atoms with Gasteiger partial charge in [0, 0.05) is 30.9 Å². The molecule has 0 amide bonds. The zero-order valence-electron chi connectivity index (χ0n) is 13.6. The predicted octanol–water partition coefficient (Wildman–Crippen LogP) is 3.23. The summed E-state index contributed by atoms with van der Waals surface area (Å²) in [6.07, 6.45) is 5.36. The van der Waals surface area contributed by atoms with Gasteiger partial charge in [-0.25, -0.2) is 9.97 Å². The molecule has 0 atom stereocenters. The lowest BCUT2D eigenvalue weighted by molar-refractivity contribution is 0.355. The van der Waals surface area contributed by atoms with E-state index in [9.17, 15) is 0 Å². The van der Waals surface area contributed by atoms with E-state index in [1.165, 1.54) is 19.3 Å². The summed E-state index contributed by atoms with van der Waals surface area (Å²) in [6.45, 7) is 2.12. The third-order valence-corrected chi connectivity index (χ3v) is 3.99. The Morgan fingerprint density at radius 2 is 1.74 bits per heavy atom. The topological polar surface area (TPSA) is 59.5 Å². The van der Waals surface area contributed by atoms with E-state index in [1.807, 2.05) is 24.3 Å². The number of piperidine rings is 1. The quantitative estimate of drug-likeness (QED) is 0.914. The minimum Gasteiger partial charge on any atom is -0.493 e. The highest BCUT2D eigenvalue weighted by atomic mass is 16.5. The van der Waals surface area contributed by atoms with Crippen molar-refractivity contribution in [2.24, 2.45) is 0 Å². The first-order valence-electron chi connectivity index (χ1n) is 7.86. The van der Waals surface area contributed by atoms with Gasteiger partial charge in [0.2, 0.25) is 0 Å². The normalized spacial score (nSPS) is 14.4. The van der Waals surface area contributed by atoms with Crippen LogP contribution in [0.4, 0.5) is 17.3 Å². The highest BCUT2D eigenvalue weighted by Gasteiger charge is 2.13. The van der Waals surface area contributed by atoms with E-state index < -0.39 is 0 Å². The fourth-order valence-electron chi connectivity index (χ4n) is 2.77. The summed E-state index contributed by atoms with van der Waals surface area (Å²) in [5.74, 6) is 3.13. The molecular weight excluding hydrogens is 292 g/mol. The van der Waals surface area contributed by atoms with E-state index in [0.29, 0.717) is 11.5 Å². The largest absolute Gasteiger partial charge is 0.493 e. The number of hydrogen-bond acceptors (Lipinski definition) is 6. The summed E-state index contributed by atoms with van der Waals surface area (Å²) in [4.78, 5) is 11.0. The Morgan fingerprint density at radius 3 is 2.48 bits per heavy atom. The van der Waals surface area contributed by atoms with Gasteiger partial charge in [-0.2, -0.15) is 0 Å². The van der Waals surface area contributed by atoms with Crippen LogP contribution in [0, 0.1) is 0 Å². The molecule has 0 radical (unpaired) electrons. The van der Waals surface area contributed by atoms with E-state index in [1.54, 1.807) is 20.5 Å². The summed E-state index contributed by atoms with van der Waals surface area (Å²) in [5, 5.41) is 3.30. The fraction of sp³-hybridized carbons (Fsp3) is 0.412. The first-order chi connectivity index (χ1) is 11.3. The molecule has 23 heavy (non-hydrogen) atoms. The minimum absolute atomic E-state index is 0.683. The van der Waals surface area contributed by atoms with Crippen LogP contribution in [0.15, 0.2) is 30.6 Å². The minimum atomic E-state index is 0.683. The SMILES string of the molecule is COc1ccc(Nc2cc(N3CCCCC3)ncn2)cc1OC. The highest BCUT2D eigenvalue weighted by molar-refractivity contribution is 5.63. The van der Waals surface area contributed by atoms with Crippen molar-refractivity contribution in [3.8, 4) is 11.5 Å². The molecular formula is C17H22N4O2. The van der Waals surface area contributed by atoms with Crippen LogP contribution in [0.3, 0.4) is 0 Å². The Hall–Kier alpha value is -2.50. The smallest absolute Gasteiger partial charge is 0.162 e. The maximum atomic E-state index is 5.33. The van der Waals surface area contributed by atoms with Crippen LogP contribution in [0.1, 0.15) is 19.3 Å². The summed E-state index contributed by atoms with van der Waals surface area (Å²) < 4.78 is 10.6. The van der Waals surface area contributed by atoms with Gasteiger partial charge in [-0.1, -0.05) is 0 Å². The number of benzene rings is 1. The first-order valence-corrected chi connectivity index (χ1v) is 7.86. The zero-order chi connectivity index (χ0) is 16.1. The molecule has 0 aliphatic carbocycles. The zero-order valence-corrected chi connectivity index (χ0v) is 13.6. The van der Waals surface area contributed by atoms with E-state index in [0.717, 1.165) is 30.4 Å². The van der Waals surface area contributed by atoms with Crippen LogP contribution >= 0.6 is 0 Å². The van der Waals surface area contributed by atoms with Crippen LogP contribution in [-0.4, -0.2) is 37.3 Å². The van der Waals surface area contributed by atoms with Crippen LogP contribution < -0.4 is 19.7 Å². The molecule has 1 aliphatic heterocycles. The lowest BCUT2D eigenvalue weighted by Gasteiger charge is -2.27. The monoisotopic (exact) mass is 314 g/mol. The Balaban J connectivity index is 1.77. The lowest BCUT2D eigenvalue weighted by atomic mass is 10.1. The molecule has 6 heteroatoms. The number of nitrogens with one attached hydrogen (secondary N) is 1. The molecule has 1 aliphatic rings. The van der Waals surface area contributed by atoms with Crippen molar-refractivity contribution in [3.05, 3.63) is 30.6 Å². The molecule has 0 unspecified atom stereocenters. The third-order valence-electron chi connectivity index (χ3n) is 3.99. The van der Waals surface area contributed by atoms with Crippen molar-refractivity contribution in [1.82, 2.24) is 9.97 Å². The van der Waals surface area contributed by atoms with Crippen molar-refractivity contribution >= 4 is 17.3 Å². The van der Waals surface area contributed by atoms with Crippen molar-refractivity contribution in [3.63, 3.8) is 0 Å². The van der Waals surface area contributed by atoms with E-state index >= 15 is 0 Å². The number of ether oxygens (including phenoxy) is 2. The second-order valence-electron chi connectivity index (χ2n) is 5.50. The van der Waals surface area contributed by atoms with Crippen molar-refractivity contribution in [2.75, 3.05) is 37.5 Å². The van der Waals surface area contributed by atoms with Crippen LogP contribution in [-0.2, 0) is 0 Å². The highest BCUT2D eigenvalue weighted by Crippen LogP contribution is 2.31. The van der Waals surface area contributed by atoms with Crippen LogP contribution in [0.25, 0.3) is 0 Å². The van der Waals surface area contributed by atoms with Gasteiger partial charge < -0.3 is 19.7 Å². The average molecular weight is 314 g/mol. The maximum absolute atomic E-state index is 5.33. The molecule has 1 saturated heterocycles. The maximum Gasteiger partial charge on any atom is 0.162 e. The lowest BCUT2D eigenvalue weighted by Crippen LogP contribution is -2.30. The van der Waals surface area contributed by atoms with E-state index in [-0.39, 0.29) is 0 Å². The Bertz CT molecular complexity index is 657. The van der Waals surface area contributed by atoms with Gasteiger partial charge in [-0.05, 0) is 31.4 Å². The first kappa shape index (κ1) is 15.4. The summed E-state index contributed by atoms with van der Waals surface area (Å²) in [5.41, 5.74) is 0.894. The van der Waals surface area contributed by atoms with Gasteiger partial charge in [0.1, 0.15) is 18.0 Å². The number of anilines is 3. The number of rotatable bonds is 5. The van der Waals surface area contributed by atoms with E-state index in [4.69, 9.17) is 9.47 Å². The Kier molecular flexibility index (Phi) is 4.80. The predicted molar refractivity (Wildman–Crippen MR) is 90.9 cm³/mol. The van der Waals surface area contributed by atoms with Crippen LogP contribution in [0.5, 0.6) is 11.5 Å². The number of aromatic nitrogens is 2. The second kappa shape index (κ2) is 7.17. The van der Waals surface area contributed by atoms with Crippen molar-refractivity contribution < 1.29 is 9.47 Å². The molecule has 3 rings (SSSR count). The number of hydrogen-bond donors (Lipinski definition) is 1. The molecule has 122 valence electrons. The van der Waals surface area contributed by atoms with E-state index in [2.05, 4.69) is 20.2 Å². The molecule has 0 bridgehead atoms. The van der Waals surface area contributed by atoms with Gasteiger partial charge in [-0.15, -0.1) is 0 Å².